The van der Waals surface area contributed by atoms with Crippen molar-refractivity contribution in [2.45, 2.75) is 57.4 Å². The number of nitrogens with zero attached hydrogens (tertiary/aromatic N) is 2. The SMILES string of the molecule is O=C(CCCc1nc2ccccc2c(=O)[nH]1)NC[C@@H]1CCCN2CCCC[C@@H]12. The predicted molar refractivity (Wildman–Crippen MR) is 110 cm³/mol. The molecule has 0 aliphatic carbocycles. The molecular weight excluding hydrogens is 352 g/mol. The fourth-order valence-corrected chi connectivity index (χ4v) is 4.82. The zero-order chi connectivity index (χ0) is 19.3. The molecule has 1 amide bonds. The number of benzene rings is 1. The van der Waals surface area contributed by atoms with Crippen LogP contribution in [-0.4, -0.2) is 46.5 Å². The maximum atomic E-state index is 12.3. The first kappa shape index (κ1) is 19.1. The monoisotopic (exact) mass is 382 g/mol. The Morgan fingerprint density at radius 1 is 1.18 bits per heavy atom. The normalized spacial score (nSPS) is 22.7. The number of carbonyl (C=O) groups excluding carboxylic acids is 1. The van der Waals surface area contributed by atoms with Gasteiger partial charge in [0.1, 0.15) is 5.82 Å². The molecule has 2 aliphatic heterocycles. The summed E-state index contributed by atoms with van der Waals surface area (Å²) in [7, 11) is 0. The average molecular weight is 383 g/mol. The van der Waals surface area contributed by atoms with Gasteiger partial charge in [0.2, 0.25) is 5.91 Å². The molecule has 0 spiro atoms. The molecule has 150 valence electrons. The van der Waals surface area contributed by atoms with E-state index in [1.54, 1.807) is 6.07 Å². The number of carbonyl (C=O) groups is 1. The highest BCUT2D eigenvalue weighted by molar-refractivity contribution is 5.77. The summed E-state index contributed by atoms with van der Waals surface area (Å²) in [6, 6.07) is 8.00. The van der Waals surface area contributed by atoms with E-state index in [0.717, 1.165) is 6.54 Å². The summed E-state index contributed by atoms with van der Waals surface area (Å²) >= 11 is 0. The summed E-state index contributed by atoms with van der Waals surface area (Å²) in [6.07, 6.45) is 8.16. The molecule has 2 atom stereocenters. The fourth-order valence-electron chi connectivity index (χ4n) is 4.82. The van der Waals surface area contributed by atoms with Crippen LogP contribution in [0.3, 0.4) is 0 Å². The first-order valence-corrected chi connectivity index (χ1v) is 10.7. The standard InChI is InChI=1S/C22H30N4O2/c27-21(23-15-16-7-6-14-26-13-4-3-10-19(16)26)12-5-11-20-24-18-9-2-1-8-17(18)22(28)25-20/h1-2,8-9,16,19H,3-7,10-15H2,(H,23,27)(H,24,25,28)/t16-,19-/m0/s1. The molecule has 2 aliphatic rings. The summed E-state index contributed by atoms with van der Waals surface area (Å²) in [4.78, 5) is 34.4. The number of hydrogen-bond donors (Lipinski definition) is 2. The molecule has 1 aromatic heterocycles. The van der Waals surface area contributed by atoms with E-state index in [1.807, 2.05) is 18.2 Å². The summed E-state index contributed by atoms with van der Waals surface area (Å²) in [6.45, 7) is 3.25. The van der Waals surface area contributed by atoms with Gasteiger partial charge >= 0.3 is 0 Å². The average Bonchev–Trinajstić information content (AvgIpc) is 2.72. The maximum absolute atomic E-state index is 12.3. The molecular formula is C22H30N4O2. The molecule has 6 heteroatoms. The van der Waals surface area contributed by atoms with Crippen LogP contribution >= 0.6 is 0 Å². The Hall–Kier alpha value is -2.21. The van der Waals surface area contributed by atoms with Gasteiger partial charge in [0.25, 0.3) is 5.56 Å². The van der Waals surface area contributed by atoms with Gasteiger partial charge in [-0.25, -0.2) is 4.98 Å². The smallest absolute Gasteiger partial charge is 0.258 e. The van der Waals surface area contributed by atoms with E-state index in [2.05, 4.69) is 20.2 Å². The second kappa shape index (κ2) is 8.86. The largest absolute Gasteiger partial charge is 0.356 e. The van der Waals surface area contributed by atoms with E-state index in [9.17, 15) is 9.59 Å². The van der Waals surface area contributed by atoms with Crippen LogP contribution in [0.5, 0.6) is 0 Å². The van der Waals surface area contributed by atoms with Crippen molar-refractivity contribution in [3.8, 4) is 0 Å². The molecule has 2 aromatic rings. The molecule has 2 fully saturated rings. The van der Waals surface area contributed by atoms with Gasteiger partial charge in [0.15, 0.2) is 0 Å². The van der Waals surface area contributed by atoms with E-state index in [-0.39, 0.29) is 11.5 Å². The fraction of sp³-hybridized carbons (Fsp3) is 0.591. The van der Waals surface area contributed by atoms with Crippen molar-refractivity contribution in [3.05, 3.63) is 40.4 Å². The van der Waals surface area contributed by atoms with Crippen molar-refractivity contribution in [1.82, 2.24) is 20.2 Å². The van der Waals surface area contributed by atoms with Gasteiger partial charge in [-0.05, 0) is 63.2 Å². The molecule has 4 rings (SSSR count). The first-order valence-electron chi connectivity index (χ1n) is 10.7. The van der Waals surface area contributed by atoms with Crippen molar-refractivity contribution in [1.29, 1.82) is 0 Å². The molecule has 3 heterocycles. The third kappa shape index (κ3) is 4.43. The third-order valence-corrected chi connectivity index (χ3v) is 6.27. The van der Waals surface area contributed by atoms with Crippen LogP contribution in [0, 0.1) is 5.92 Å². The van der Waals surface area contributed by atoms with Crippen LogP contribution in [0.15, 0.2) is 29.1 Å². The molecule has 0 radical (unpaired) electrons. The lowest BCUT2D eigenvalue weighted by molar-refractivity contribution is -0.121. The van der Waals surface area contributed by atoms with Gasteiger partial charge in [-0.1, -0.05) is 18.6 Å². The lowest BCUT2D eigenvalue weighted by Crippen LogP contribution is -2.50. The zero-order valence-electron chi connectivity index (χ0n) is 16.5. The van der Waals surface area contributed by atoms with E-state index < -0.39 is 0 Å². The summed E-state index contributed by atoms with van der Waals surface area (Å²) in [5.74, 6) is 1.36. The highest BCUT2D eigenvalue weighted by Gasteiger charge is 2.32. The van der Waals surface area contributed by atoms with E-state index >= 15 is 0 Å². The number of aromatic nitrogens is 2. The number of nitrogens with one attached hydrogen (secondary N) is 2. The number of piperidine rings is 2. The van der Waals surface area contributed by atoms with Gasteiger partial charge < -0.3 is 15.2 Å². The van der Waals surface area contributed by atoms with Crippen molar-refractivity contribution in [3.63, 3.8) is 0 Å². The Kier molecular flexibility index (Phi) is 6.05. The highest BCUT2D eigenvalue weighted by Crippen LogP contribution is 2.30. The molecule has 0 saturated carbocycles. The number of aryl methyl sites for hydroxylation is 1. The number of rotatable bonds is 6. The Labute approximate surface area is 165 Å². The molecule has 2 saturated heterocycles. The second-order valence-corrected chi connectivity index (χ2v) is 8.19. The van der Waals surface area contributed by atoms with Crippen LogP contribution in [0.1, 0.15) is 50.8 Å². The zero-order valence-corrected chi connectivity index (χ0v) is 16.5. The Morgan fingerprint density at radius 2 is 2.04 bits per heavy atom. The van der Waals surface area contributed by atoms with Gasteiger partial charge in [0, 0.05) is 25.4 Å². The topological polar surface area (TPSA) is 78.1 Å². The Bertz CT molecular complexity index is 876. The summed E-state index contributed by atoms with van der Waals surface area (Å²) < 4.78 is 0. The van der Waals surface area contributed by atoms with Gasteiger partial charge in [-0.2, -0.15) is 0 Å². The number of fused-ring (bicyclic) bond motifs is 2. The Morgan fingerprint density at radius 3 is 2.96 bits per heavy atom. The molecule has 0 bridgehead atoms. The van der Waals surface area contributed by atoms with Gasteiger partial charge in [-0.3, -0.25) is 9.59 Å². The Balaban J connectivity index is 1.24. The van der Waals surface area contributed by atoms with Crippen molar-refractivity contribution < 1.29 is 4.79 Å². The third-order valence-electron chi connectivity index (χ3n) is 6.27. The number of amides is 1. The van der Waals surface area contributed by atoms with Crippen molar-refractivity contribution in [2.75, 3.05) is 19.6 Å². The quantitative estimate of drug-likeness (QED) is 0.805. The van der Waals surface area contributed by atoms with E-state index in [4.69, 9.17) is 0 Å². The molecule has 0 unspecified atom stereocenters. The lowest BCUT2D eigenvalue weighted by Gasteiger charge is -2.44. The van der Waals surface area contributed by atoms with Crippen LogP contribution in [0.25, 0.3) is 10.9 Å². The first-order chi connectivity index (χ1) is 13.7. The van der Waals surface area contributed by atoms with Crippen LogP contribution in [0.2, 0.25) is 0 Å². The minimum Gasteiger partial charge on any atom is -0.356 e. The number of para-hydroxylation sites is 1. The minimum atomic E-state index is -0.112. The maximum Gasteiger partial charge on any atom is 0.258 e. The summed E-state index contributed by atoms with van der Waals surface area (Å²) in [5, 5.41) is 3.76. The van der Waals surface area contributed by atoms with Crippen LogP contribution < -0.4 is 10.9 Å². The van der Waals surface area contributed by atoms with Crippen molar-refractivity contribution >= 4 is 16.8 Å². The molecule has 6 nitrogen and oxygen atoms in total. The van der Waals surface area contributed by atoms with Gasteiger partial charge in [0.05, 0.1) is 10.9 Å². The number of H-pyrrole nitrogens is 1. The van der Waals surface area contributed by atoms with E-state index in [0.29, 0.717) is 47.9 Å². The van der Waals surface area contributed by atoms with E-state index in [1.165, 1.54) is 45.2 Å². The van der Waals surface area contributed by atoms with Crippen LogP contribution in [0.4, 0.5) is 0 Å². The number of aromatic amines is 1. The molecule has 2 N–H and O–H groups in total. The minimum absolute atomic E-state index is 0.107. The molecule has 1 aromatic carbocycles. The van der Waals surface area contributed by atoms with Crippen molar-refractivity contribution in [2.24, 2.45) is 5.92 Å². The second-order valence-electron chi connectivity index (χ2n) is 8.19. The van der Waals surface area contributed by atoms with Gasteiger partial charge in [-0.15, -0.1) is 0 Å². The summed E-state index contributed by atoms with van der Waals surface area (Å²) in [5.41, 5.74) is 0.597. The molecule has 28 heavy (non-hydrogen) atoms. The number of hydrogen-bond acceptors (Lipinski definition) is 4. The predicted octanol–water partition coefficient (Wildman–Crippen LogP) is 2.63. The highest BCUT2D eigenvalue weighted by atomic mass is 16.1. The lowest BCUT2D eigenvalue weighted by atomic mass is 9.83. The van der Waals surface area contributed by atoms with Crippen LogP contribution in [-0.2, 0) is 11.2 Å².